The van der Waals surface area contributed by atoms with Crippen LogP contribution in [-0.4, -0.2) is 19.6 Å². The van der Waals surface area contributed by atoms with Gasteiger partial charge in [-0.15, -0.1) is 0 Å². The molecule has 0 bridgehead atoms. The summed E-state index contributed by atoms with van der Waals surface area (Å²) in [5.74, 6) is 0.685. The van der Waals surface area contributed by atoms with Gasteiger partial charge in [0.1, 0.15) is 5.69 Å². The molecule has 3 aromatic heterocycles. The molecule has 0 atom stereocenters. The second-order valence-electron chi connectivity index (χ2n) is 13.6. The minimum Gasteiger partial charge on any atom is -0.231 e. The molecule has 0 saturated heterocycles. The third-order valence-corrected chi connectivity index (χ3v) is 10.2. The molecule has 0 N–H and O–H groups in total. The van der Waals surface area contributed by atoms with E-state index in [0.29, 0.717) is 5.82 Å². The summed E-state index contributed by atoms with van der Waals surface area (Å²) in [6, 6.07) is 71.9. The van der Waals surface area contributed by atoms with Gasteiger partial charge in [-0.1, -0.05) is 194 Å². The van der Waals surface area contributed by atoms with Crippen molar-refractivity contribution in [3.63, 3.8) is 0 Å². The first-order valence-corrected chi connectivity index (χ1v) is 18.5. The highest BCUT2D eigenvalue weighted by Crippen LogP contribution is 2.44. The predicted octanol–water partition coefficient (Wildman–Crippen LogP) is 12.9. The van der Waals surface area contributed by atoms with Gasteiger partial charge in [-0.05, 0) is 28.6 Å². The van der Waals surface area contributed by atoms with E-state index in [1.165, 1.54) is 5.39 Å². The Labute approximate surface area is 319 Å². The first-order valence-electron chi connectivity index (χ1n) is 18.5. The predicted molar refractivity (Wildman–Crippen MR) is 226 cm³/mol. The Kier molecular flexibility index (Phi) is 8.12. The van der Waals surface area contributed by atoms with E-state index in [4.69, 9.17) is 15.1 Å². The monoisotopic (exact) mass is 702 g/mol. The lowest BCUT2D eigenvalue weighted by Gasteiger charge is -2.17. The van der Waals surface area contributed by atoms with Crippen LogP contribution in [0.15, 0.2) is 206 Å². The molecule has 10 rings (SSSR count). The van der Waals surface area contributed by atoms with Crippen molar-refractivity contribution in [2.45, 2.75) is 0 Å². The van der Waals surface area contributed by atoms with Gasteiger partial charge in [-0.25, -0.2) is 14.5 Å². The quantitative estimate of drug-likeness (QED) is 0.166. The van der Waals surface area contributed by atoms with Crippen LogP contribution in [-0.2, 0) is 0 Å². The number of benzene rings is 7. The van der Waals surface area contributed by atoms with Crippen molar-refractivity contribution in [3.8, 4) is 78.7 Å². The Morgan fingerprint density at radius 1 is 0.327 bits per heavy atom. The fourth-order valence-corrected chi connectivity index (χ4v) is 7.67. The molecule has 258 valence electrons. The van der Waals surface area contributed by atoms with Crippen molar-refractivity contribution in [1.29, 1.82) is 0 Å². The highest BCUT2D eigenvalue weighted by molar-refractivity contribution is 6.09. The fraction of sp³-hybridized carbons (Fsp3) is 0. The van der Waals surface area contributed by atoms with Crippen LogP contribution in [0.4, 0.5) is 0 Å². The largest absolute Gasteiger partial charge is 0.231 e. The molecule has 0 aliphatic heterocycles. The molecule has 0 saturated carbocycles. The minimum atomic E-state index is 0.685. The summed E-state index contributed by atoms with van der Waals surface area (Å²) in [5.41, 5.74) is 14.1. The van der Waals surface area contributed by atoms with Gasteiger partial charge in [-0.3, -0.25) is 0 Å². The molecule has 0 aliphatic carbocycles. The Morgan fingerprint density at radius 3 is 1.40 bits per heavy atom. The first kappa shape index (κ1) is 32.2. The molecule has 0 amide bonds. The van der Waals surface area contributed by atoms with Gasteiger partial charge >= 0.3 is 0 Å². The number of pyridine rings is 1. The van der Waals surface area contributed by atoms with Crippen LogP contribution in [0.2, 0.25) is 0 Å². The summed E-state index contributed by atoms with van der Waals surface area (Å²) in [6.45, 7) is 0. The highest BCUT2D eigenvalue weighted by atomic mass is 15.2. The zero-order valence-corrected chi connectivity index (χ0v) is 29.9. The maximum atomic E-state index is 5.52. The molecule has 55 heavy (non-hydrogen) atoms. The van der Waals surface area contributed by atoms with Crippen molar-refractivity contribution in [3.05, 3.63) is 206 Å². The number of fused-ring (bicyclic) bond motifs is 3. The minimum absolute atomic E-state index is 0.685. The fourth-order valence-electron chi connectivity index (χ4n) is 7.67. The van der Waals surface area contributed by atoms with Crippen molar-refractivity contribution in [2.75, 3.05) is 0 Å². The Hall–Kier alpha value is -7.43. The van der Waals surface area contributed by atoms with Gasteiger partial charge in [0.2, 0.25) is 0 Å². The van der Waals surface area contributed by atoms with Crippen LogP contribution < -0.4 is 0 Å². The molecule has 0 radical (unpaired) electrons. The maximum Gasteiger partial charge on any atom is 0.160 e. The summed E-state index contributed by atoms with van der Waals surface area (Å²) in [5, 5.41) is 7.84. The van der Waals surface area contributed by atoms with Crippen molar-refractivity contribution in [2.24, 2.45) is 0 Å². The van der Waals surface area contributed by atoms with E-state index < -0.39 is 0 Å². The van der Waals surface area contributed by atoms with Gasteiger partial charge in [0.25, 0.3) is 0 Å². The van der Waals surface area contributed by atoms with E-state index in [0.717, 1.165) is 83.7 Å². The van der Waals surface area contributed by atoms with Crippen molar-refractivity contribution in [1.82, 2.24) is 19.6 Å². The molecule has 3 heterocycles. The molecule has 7 aromatic carbocycles. The standard InChI is InChI=1S/C51H34N4/c1-6-19-35(20-7-1)44-34-40-29-16-17-32-43(40)50-46(36-21-8-2-9-22-36)49(54-55(44)50)42-31-18-30-41(33-42)45-47(37-23-10-3-11-24-37)52-51(39-27-14-5-15-28-39)53-48(45)38-25-12-4-13-26-38/h1-34H. The van der Waals surface area contributed by atoms with Gasteiger partial charge in [0.15, 0.2) is 5.82 Å². The first-order chi connectivity index (χ1) is 27.3. The SMILES string of the molecule is c1ccc(-c2nc(-c3ccccc3)c(-c3cccc(-c4nn5c(-c6ccccc6)cc6ccccc6c5c4-c4ccccc4)c3)c(-c3ccccc3)n2)cc1. The Morgan fingerprint density at radius 2 is 0.800 bits per heavy atom. The smallest absolute Gasteiger partial charge is 0.160 e. The van der Waals surface area contributed by atoms with E-state index in [1.807, 2.05) is 30.3 Å². The van der Waals surface area contributed by atoms with Crippen LogP contribution in [0.3, 0.4) is 0 Å². The lowest BCUT2D eigenvalue weighted by molar-refractivity contribution is 0.979. The van der Waals surface area contributed by atoms with E-state index in [-0.39, 0.29) is 0 Å². The summed E-state index contributed by atoms with van der Waals surface area (Å²) >= 11 is 0. The van der Waals surface area contributed by atoms with E-state index in [9.17, 15) is 0 Å². The van der Waals surface area contributed by atoms with Gasteiger partial charge < -0.3 is 0 Å². The lowest BCUT2D eigenvalue weighted by atomic mass is 9.91. The number of hydrogen-bond acceptors (Lipinski definition) is 3. The maximum absolute atomic E-state index is 5.52. The summed E-state index contributed by atoms with van der Waals surface area (Å²) in [4.78, 5) is 10.7. The topological polar surface area (TPSA) is 43.1 Å². The van der Waals surface area contributed by atoms with Gasteiger partial charge in [-0.2, -0.15) is 5.10 Å². The van der Waals surface area contributed by atoms with Crippen LogP contribution in [0.5, 0.6) is 0 Å². The number of nitrogens with zero attached hydrogens (tertiary/aromatic N) is 4. The third kappa shape index (κ3) is 5.87. The summed E-state index contributed by atoms with van der Waals surface area (Å²) in [6.07, 6.45) is 0. The lowest BCUT2D eigenvalue weighted by Crippen LogP contribution is -2.01. The molecule has 4 nitrogen and oxygen atoms in total. The van der Waals surface area contributed by atoms with E-state index >= 15 is 0 Å². The molecule has 0 spiro atoms. The normalized spacial score (nSPS) is 11.3. The summed E-state index contributed by atoms with van der Waals surface area (Å²) < 4.78 is 2.14. The Balaban J connectivity index is 1.28. The van der Waals surface area contributed by atoms with Crippen LogP contribution in [0.1, 0.15) is 0 Å². The van der Waals surface area contributed by atoms with Crippen LogP contribution in [0, 0.1) is 0 Å². The van der Waals surface area contributed by atoms with Gasteiger partial charge in [0, 0.05) is 44.3 Å². The molecular weight excluding hydrogens is 669 g/mol. The zero-order valence-electron chi connectivity index (χ0n) is 29.9. The molecule has 0 aliphatic rings. The zero-order chi connectivity index (χ0) is 36.6. The third-order valence-electron chi connectivity index (χ3n) is 10.2. The molecule has 0 unspecified atom stereocenters. The highest BCUT2D eigenvalue weighted by Gasteiger charge is 2.24. The van der Waals surface area contributed by atoms with Crippen LogP contribution in [0.25, 0.3) is 95.0 Å². The average Bonchev–Trinajstić information content (AvgIpc) is 3.68. The van der Waals surface area contributed by atoms with E-state index in [2.05, 4.69) is 180 Å². The van der Waals surface area contributed by atoms with Gasteiger partial charge in [0.05, 0.1) is 22.6 Å². The van der Waals surface area contributed by atoms with Crippen molar-refractivity contribution >= 4 is 16.3 Å². The number of aromatic nitrogens is 4. The molecule has 4 heteroatoms. The second-order valence-corrected chi connectivity index (χ2v) is 13.6. The second kappa shape index (κ2) is 13.8. The Bertz CT molecular complexity index is 2880. The molecule has 10 aromatic rings. The number of rotatable bonds is 7. The number of hydrogen-bond donors (Lipinski definition) is 0. The molecular formula is C51H34N4. The van der Waals surface area contributed by atoms with Crippen molar-refractivity contribution < 1.29 is 0 Å². The van der Waals surface area contributed by atoms with E-state index in [1.54, 1.807) is 0 Å². The molecule has 0 fully saturated rings. The van der Waals surface area contributed by atoms with Crippen LogP contribution >= 0.6 is 0 Å². The summed E-state index contributed by atoms with van der Waals surface area (Å²) in [7, 11) is 0. The average molecular weight is 703 g/mol.